The Kier molecular flexibility index (Phi) is 9.68. The molecular formula is C22H22Cl2O5S2. The van der Waals surface area contributed by atoms with Crippen molar-refractivity contribution >= 4 is 44.5 Å². The number of hydrogen-bond donors (Lipinski definition) is 1. The minimum absolute atomic E-state index is 0.0518. The summed E-state index contributed by atoms with van der Waals surface area (Å²) in [6, 6.07) is 21.6. The quantitative estimate of drug-likeness (QED) is 0.265. The van der Waals surface area contributed by atoms with E-state index < -0.39 is 16.5 Å². The normalized spacial score (nSPS) is 13.1. The van der Waals surface area contributed by atoms with Crippen LogP contribution in [0.4, 0.5) is 0 Å². The SMILES string of the molecule is CC(OS(=O)(=O)[O-])c1ccccc1.C[S+](Cc1ccc(Cl)cc1Cl)c1ccc(O)cc1. The molecule has 31 heavy (non-hydrogen) atoms. The fraction of sp³-hybridized carbons (Fsp3) is 0.182. The molecule has 0 saturated carbocycles. The van der Waals surface area contributed by atoms with Crippen LogP contribution in [0, 0.1) is 0 Å². The Labute approximate surface area is 195 Å². The molecule has 0 aliphatic heterocycles. The summed E-state index contributed by atoms with van der Waals surface area (Å²) in [4.78, 5) is 1.21. The number of hydrogen-bond acceptors (Lipinski definition) is 5. The molecule has 0 amide bonds. The van der Waals surface area contributed by atoms with Crippen LogP contribution in [0.2, 0.25) is 10.0 Å². The average molecular weight is 501 g/mol. The number of phenols is 1. The Morgan fingerprint density at radius 2 is 1.65 bits per heavy atom. The molecule has 9 heteroatoms. The number of benzene rings is 3. The van der Waals surface area contributed by atoms with Crippen molar-refractivity contribution in [3.8, 4) is 5.75 Å². The van der Waals surface area contributed by atoms with Gasteiger partial charge in [0.15, 0.2) is 4.90 Å². The van der Waals surface area contributed by atoms with Gasteiger partial charge in [-0.3, -0.25) is 4.18 Å². The topological polar surface area (TPSA) is 86.7 Å². The first-order valence-electron chi connectivity index (χ1n) is 9.09. The summed E-state index contributed by atoms with van der Waals surface area (Å²) in [7, 11) is -4.57. The molecule has 0 fully saturated rings. The van der Waals surface area contributed by atoms with E-state index in [1.807, 2.05) is 24.3 Å². The molecule has 0 aliphatic carbocycles. The maximum atomic E-state index is 10.2. The maximum absolute atomic E-state index is 10.2. The lowest BCUT2D eigenvalue weighted by atomic mass is 10.1. The molecule has 2 atom stereocenters. The van der Waals surface area contributed by atoms with Gasteiger partial charge in [-0.05, 0) is 48.9 Å². The van der Waals surface area contributed by atoms with Gasteiger partial charge < -0.3 is 9.66 Å². The van der Waals surface area contributed by atoms with Gasteiger partial charge in [0.25, 0.3) is 0 Å². The van der Waals surface area contributed by atoms with Gasteiger partial charge in [-0.15, -0.1) is 0 Å². The second kappa shape index (κ2) is 11.8. The van der Waals surface area contributed by atoms with Gasteiger partial charge in [0.1, 0.15) is 17.8 Å². The van der Waals surface area contributed by atoms with Crippen LogP contribution in [0.5, 0.6) is 5.75 Å². The number of phenolic OH excluding ortho intramolecular Hbond substituents is 1. The molecule has 5 nitrogen and oxygen atoms in total. The highest BCUT2D eigenvalue weighted by molar-refractivity contribution is 7.95. The Hall–Kier alpha value is -1.74. The zero-order valence-electron chi connectivity index (χ0n) is 16.9. The van der Waals surface area contributed by atoms with Gasteiger partial charge in [0, 0.05) is 26.5 Å². The van der Waals surface area contributed by atoms with Crippen molar-refractivity contribution in [3.63, 3.8) is 0 Å². The lowest BCUT2D eigenvalue weighted by Gasteiger charge is -2.14. The van der Waals surface area contributed by atoms with Crippen LogP contribution < -0.4 is 0 Å². The summed E-state index contributed by atoms with van der Waals surface area (Å²) in [6.07, 6.45) is 1.43. The largest absolute Gasteiger partial charge is 0.726 e. The van der Waals surface area contributed by atoms with Crippen molar-refractivity contribution in [3.05, 3.63) is 94.0 Å². The minimum atomic E-state index is -4.62. The second-order valence-corrected chi connectivity index (χ2v) is 10.5. The number of rotatable bonds is 6. The smallest absolute Gasteiger partial charge is 0.218 e. The fourth-order valence-electron chi connectivity index (χ4n) is 2.59. The Morgan fingerprint density at radius 3 is 2.19 bits per heavy atom. The van der Waals surface area contributed by atoms with Crippen molar-refractivity contribution in [1.82, 2.24) is 0 Å². The van der Waals surface area contributed by atoms with E-state index in [4.69, 9.17) is 23.2 Å². The standard InChI is InChI=1S/C14H12Cl2OS.C8H10O4S/c1-18(13-6-4-12(17)5-7-13)9-10-2-3-11(15)8-14(10)16;1-7(12-13(9,10)11)8-5-3-2-4-6-8/h2-8H,9H2,1H3;2-7H,1H3,(H,9,10,11). The number of halogens is 2. The van der Waals surface area contributed by atoms with Gasteiger partial charge in [-0.2, -0.15) is 0 Å². The highest BCUT2D eigenvalue weighted by Crippen LogP contribution is 2.26. The van der Waals surface area contributed by atoms with E-state index in [1.54, 1.807) is 48.5 Å². The van der Waals surface area contributed by atoms with Gasteiger partial charge >= 0.3 is 0 Å². The molecule has 3 aromatic rings. The lowest BCUT2D eigenvalue weighted by Crippen LogP contribution is -2.08. The van der Waals surface area contributed by atoms with Crippen LogP contribution in [-0.2, 0) is 31.2 Å². The molecule has 0 aromatic heterocycles. The monoisotopic (exact) mass is 500 g/mol. The summed E-state index contributed by atoms with van der Waals surface area (Å²) in [5.74, 6) is 1.17. The van der Waals surface area contributed by atoms with E-state index in [2.05, 4.69) is 10.4 Å². The van der Waals surface area contributed by atoms with Gasteiger partial charge in [-0.1, -0.05) is 59.6 Å². The van der Waals surface area contributed by atoms with Gasteiger partial charge in [-0.25, -0.2) is 8.42 Å². The van der Waals surface area contributed by atoms with Crippen molar-refractivity contribution in [2.75, 3.05) is 6.26 Å². The third kappa shape index (κ3) is 9.11. The maximum Gasteiger partial charge on any atom is 0.218 e. The van der Waals surface area contributed by atoms with Crippen LogP contribution in [-0.4, -0.2) is 24.3 Å². The summed E-state index contributed by atoms with van der Waals surface area (Å²) in [5.41, 5.74) is 1.75. The Morgan fingerprint density at radius 1 is 1.03 bits per heavy atom. The molecule has 0 spiro atoms. The zero-order valence-corrected chi connectivity index (χ0v) is 20.0. The highest BCUT2D eigenvalue weighted by atomic mass is 35.5. The first-order valence-corrected chi connectivity index (χ1v) is 13.0. The van der Waals surface area contributed by atoms with Gasteiger partial charge in [0.05, 0.1) is 6.10 Å². The van der Waals surface area contributed by atoms with Crippen molar-refractivity contribution < 1.29 is 22.3 Å². The van der Waals surface area contributed by atoms with Crippen LogP contribution in [0.3, 0.4) is 0 Å². The van der Waals surface area contributed by atoms with Crippen LogP contribution in [0.25, 0.3) is 0 Å². The van der Waals surface area contributed by atoms with E-state index in [-0.39, 0.29) is 10.9 Å². The summed E-state index contributed by atoms with van der Waals surface area (Å²) >= 11 is 12.0. The molecule has 166 valence electrons. The zero-order chi connectivity index (χ0) is 23.0. The molecule has 0 radical (unpaired) electrons. The van der Waals surface area contributed by atoms with Crippen molar-refractivity contribution in [1.29, 1.82) is 0 Å². The average Bonchev–Trinajstić information content (AvgIpc) is 2.70. The lowest BCUT2D eigenvalue weighted by molar-refractivity contribution is 0.196. The van der Waals surface area contributed by atoms with E-state index in [1.165, 1.54) is 11.8 Å². The van der Waals surface area contributed by atoms with E-state index >= 15 is 0 Å². The molecule has 1 N–H and O–H groups in total. The van der Waals surface area contributed by atoms with Crippen molar-refractivity contribution in [2.45, 2.75) is 23.7 Å². The molecule has 0 saturated heterocycles. The first kappa shape index (κ1) is 25.5. The summed E-state index contributed by atoms with van der Waals surface area (Å²) < 4.78 is 35.0. The third-order valence-electron chi connectivity index (χ3n) is 4.16. The van der Waals surface area contributed by atoms with E-state index in [0.717, 1.165) is 11.3 Å². The Balaban J connectivity index is 0.000000233. The van der Waals surface area contributed by atoms with E-state index in [0.29, 0.717) is 21.4 Å². The minimum Gasteiger partial charge on any atom is -0.726 e. The van der Waals surface area contributed by atoms with E-state index in [9.17, 15) is 18.1 Å². The molecular weight excluding hydrogens is 479 g/mol. The Bertz CT molecular complexity index is 1070. The van der Waals surface area contributed by atoms with Crippen LogP contribution >= 0.6 is 23.2 Å². The fourth-order valence-corrected chi connectivity index (χ4v) is 5.09. The van der Waals surface area contributed by atoms with Crippen molar-refractivity contribution in [2.24, 2.45) is 0 Å². The first-order chi connectivity index (χ1) is 14.5. The highest BCUT2D eigenvalue weighted by Gasteiger charge is 2.18. The predicted octanol–water partition coefficient (Wildman–Crippen LogP) is 5.73. The second-order valence-electron chi connectivity index (χ2n) is 6.57. The summed E-state index contributed by atoms with van der Waals surface area (Å²) in [6.45, 7) is 1.50. The van der Waals surface area contributed by atoms with Gasteiger partial charge in [0.2, 0.25) is 10.4 Å². The summed E-state index contributed by atoms with van der Waals surface area (Å²) in [5, 5.41) is 10.6. The molecule has 0 aliphatic rings. The predicted molar refractivity (Wildman–Crippen MR) is 125 cm³/mol. The molecule has 0 bridgehead atoms. The third-order valence-corrected chi connectivity index (χ3v) is 7.09. The molecule has 3 aromatic carbocycles. The molecule has 3 rings (SSSR count). The van der Waals surface area contributed by atoms with Crippen LogP contribution in [0.1, 0.15) is 24.2 Å². The van der Waals surface area contributed by atoms with Crippen LogP contribution in [0.15, 0.2) is 77.7 Å². The molecule has 0 heterocycles. The number of aromatic hydroxyl groups is 1. The molecule has 2 unspecified atom stereocenters.